The van der Waals surface area contributed by atoms with E-state index in [1.165, 1.54) is 57.8 Å². The lowest BCUT2D eigenvalue weighted by molar-refractivity contribution is 0.0361. The number of carbonyl (C=O) groups excluding carboxylic acids is 1. The van der Waals surface area contributed by atoms with Crippen LogP contribution in [0.25, 0.3) is 0 Å². The number of unbranched alkanes of at least 4 members (excludes halogenated alkanes) is 9. The third-order valence-corrected chi connectivity index (χ3v) is 5.18. The molecule has 0 fully saturated rings. The van der Waals surface area contributed by atoms with Gasteiger partial charge < -0.3 is 14.2 Å². The Hall–Kier alpha value is -1.71. The van der Waals surface area contributed by atoms with E-state index in [-0.39, 0.29) is 12.1 Å². The zero-order valence-corrected chi connectivity index (χ0v) is 16.6. The second kappa shape index (κ2) is 11.1. The van der Waals surface area contributed by atoms with E-state index < -0.39 is 0 Å². The summed E-state index contributed by atoms with van der Waals surface area (Å²) >= 11 is 0. The Labute approximate surface area is 158 Å². The van der Waals surface area contributed by atoms with Crippen LogP contribution in [0.3, 0.4) is 0 Å². The Bertz CT molecular complexity index is 568. The predicted molar refractivity (Wildman–Crippen MR) is 104 cm³/mol. The highest BCUT2D eigenvalue weighted by Crippen LogP contribution is 2.41. The summed E-state index contributed by atoms with van der Waals surface area (Å²) in [5, 5.41) is 0. The monoisotopic (exact) mass is 362 g/mol. The van der Waals surface area contributed by atoms with E-state index >= 15 is 0 Å². The molecule has 0 saturated carbocycles. The molecule has 0 unspecified atom stereocenters. The summed E-state index contributed by atoms with van der Waals surface area (Å²) in [6.45, 7) is 2.26. The average Bonchev–Trinajstić information content (AvgIpc) is 2.98. The molecule has 0 spiro atoms. The quantitative estimate of drug-likeness (QED) is 0.308. The number of cyclic esters (lactones) is 1. The predicted octanol–water partition coefficient (Wildman–Crippen LogP) is 6.23. The lowest BCUT2D eigenvalue weighted by Crippen LogP contribution is -1.99. The molecule has 4 nitrogen and oxygen atoms in total. The van der Waals surface area contributed by atoms with Crippen LogP contribution in [0, 0.1) is 0 Å². The van der Waals surface area contributed by atoms with Gasteiger partial charge in [-0.05, 0) is 18.9 Å². The van der Waals surface area contributed by atoms with Crippen molar-refractivity contribution in [2.45, 2.75) is 83.7 Å². The van der Waals surface area contributed by atoms with Crippen molar-refractivity contribution in [3.05, 3.63) is 23.3 Å². The second-order valence-corrected chi connectivity index (χ2v) is 7.16. The van der Waals surface area contributed by atoms with Crippen molar-refractivity contribution in [3.8, 4) is 11.5 Å². The summed E-state index contributed by atoms with van der Waals surface area (Å²) in [5.74, 6) is 0.957. The number of benzene rings is 1. The molecule has 0 N–H and O–H groups in total. The van der Waals surface area contributed by atoms with Gasteiger partial charge >= 0.3 is 5.97 Å². The van der Waals surface area contributed by atoms with E-state index in [1.54, 1.807) is 20.3 Å². The van der Waals surface area contributed by atoms with Crippen molar-refractivity contribution in [2.24, 2.45) is 0 Å². The van der Waals surface area contributed by atoms with Crippen LogP contribution in [0.2, 0.25) is 0 Å². The van der Waals surface area contributed by atoms with E-state index in [0.717, 1.165) is 18.4 Å². The molecule has 1 aromatic carbocycles. The minimum absolute atomic E-state index is 0.171. The molecule has 0 bridgehead atoms. The first-order chi connectivity index (χ1) is 12.7. The lowest BCUT2D eigenvalue weighted by atomic mass is 9.98. The number of rotatable bonds is 13. The van der Waals surface area contributed by atoms with Gasteiger partial charge in [0.25, 0.3) is 0 Å². The van der Waals surface area contributed by atoms with Gasteiger partial charge in [-0.15, -0.1) is 0 Å². The molecule has 26 heavy (non-hydrogen) atoms. The number of methoxy groups -OCH3 is 2. The maximum absolute atomic E-state index is 12.2. The van der Waals surface area contributed by atoms with Gasteiger partial charge in [0.1, 0.15) is 23.2 Å². The summed E-state index contributed by atoms with van der Waals surface area (Å²) in [6.07, 6.45) is 13.7. The van der Waals surface area contributed by atoms with Gasteiger partial charge in [0, 0.05) is 11.6 Å². The van der Waals surface area contributed by atoms with Crippen molar-refractivity contribution in [1.82, 2.24) is 0 Å². The van der Waals surface area contributed by atoms with E-state index in [1.807, 2.05) is 6.07 Å². The SMILES string of the molecule is CCCCCCCCCCCC[C@@H]1OC(=O)c2c(OC)cc(OC)cc21. The van der Waals surface area contributed by atoms with Gasteiger partial charge in [-0.3, -0.25) is 0 Å². The maximum Gasteiger partial charge on any atom is 0.342 e. The van der Waals surface area contributed by atoms with E-state index in [2.05, 4.69) is 6.92 Å². The van der Waals surface area contributed by atoms with E-state index in [0.29, 0.717) is 17.1 Å². The van der Waals surface area contributed by atoms with Gasteiger partial charge in [0.15, 0.2) is 0 Å². The van der Waals surface area contributed by atoms with Crippen LogP contribution in [-0.4, -0.2) is 20.2 Å². The third kappa shape index (κ3) is 5.65. The number of ether oxygens (including phenoxy) is 3. The zero-order chi connectivity index (χ0) is 18.8. The Morgan fingerprint density at radius 2 is 1.50 bits per heavy atom. The van der Waals surface area contributed by atoms with Crippen LogP contribution in [0.5, 0.6) is 11.5 Å². The summed E-state index contributed by atoms with van der Waals surface area (Å²) in [4.78, 5) is 12.2. The second-order valence-electron chi connectivity index (χ2n) is 7.16. The smallest absolute Gasteiger partial charge is 0.342 e. The molecule has 0 amide bonds. The molecule has 1 atom stereocenters. The van der Waals surface area contributed by atoms with E-state index in [9.17, 15) is 4.79 Å². The molecule has 0 aromatic heterocycles. The van der Waals surface area contributed by atoms with Crippen LogP contribution >= 0.6 is 0 Å². The van der Waals surface area contributed by atoms with Crippen LogP contribution in [0.15, 0.2) is 12.1 Å². The minimum atomic E-state index is -0.281. The Balaban J connectivity index is 1.73. The van der Waals surface area contributed by atoms with Crippen LogP contribution in [0.4, 0.5) is 0 Å². The van der Waals surface area contributed by atoms with Crippen molar-refractivity contribution in [2.75, 3.05) is 14.2 Å². The fourth-order valence-corrected chi connectivity index (χ4v) is 3.65. The number of hydrogen-bond acceptors (Lipinski definition) is 4. The summed E-state index contributed by atoms with van der Waals surface area (Å²) in [7, 11) is 3.19. The maximum atomic E-state index is 12.2. The third-order valence-electron chi connectivity index (χ3n) is 5.18. The number of hydrogen-bond donors (Lipinski definition) is 0. The molecule has 146 valence electrons. The molecule has 2 rings (SSSR count). The van der Waals surface area contributed by atoms with Gasteiger partial charge in [-0.1, -0.05) is 64.7 Å². The van der Waals surface area contributed by atoms with Crippen molar-refractivity contribution < 1.29 is 19.0 Å². The molecule has 0 saturated heterocycles. The fourth-order valence-electron chi connectivity index (χ4n) is 3.65. The molecular formula is C22H34O4. The highest BCUT2D eigenvalue weighted by atomic mass is 16.6. The van der Waals surface area contributed by atoms with Gasteiger partial charge in [-0.25, -0.2) is 4.79 Å². The molecule has 1 aromatic rings. The van der Waals surface area contributed by atoms with Crippen molar-refractivity contribution in [1.29, 1.82) is 0 Å². The number of fused-ring (bicyclic) bond motifs is 1. The van der Waals surface area contributed by atoms with Crippen LogP contribution in [0.1, 0.15) is 99.6 Å². The summed E-state index contributed by atoms with van der Waals surface area (Å²) in [5.41, 5.74) is 1.47. The van der Waals surface area contributed by atoms with Gasteiger partial charge in [0.2, 0.25) is 0 Å². The molecule has 1 aliphatic heterocycles. The standard InChI is InChI=1S/C22H34O4/c1-4-5-6-7-8-9-10-11-12-13-14-19-18-15-17(24-2)16-20(25-3)21(18)22(23)26-19/h15-16,19H,4-14H2,1-3H3/t19-/m0/s1. The minimum Gasteiger partial charge on any atom is -0.497 e. The first-order valence-electron chi connectivity index (χ1n) is 10.2. The molecule has 1 aliphatic rings. The average molecular weight is 363 g/mol. The van der Waals surface area contributed by atoms with Crippen molar-refractivity contribution >= 4 is 5.97 Å². The summed E-state index contributed by atoms with van der Waals surface area (Å²) in [6, 6.07) is 3.65. The Morgan fingerprint density at radius 3 is 2.08 bits per heavy atom. The molecule has 4 heteroatoms. The van der Waals surface area contributed by atoms with Gasteiger partial charge in [-0.2, -0.15) is 0 Å². The molecular weight excluding hydrogens is 328 g/mol. The Morgan fingerprint density at radius 1 is 0.885 bits per heavy atom. The highest BCUT2D eigenvalue weighted by Gasteiger charge is 2.34. The highest BCUT2D eigenvalue weighted by molar-refractivity contribution is 5.97. The molecule has 1 heterocycles. The number of carbonyl (C=O) groups is 1. The fraction of sp³-hybridized carbons (Fsp3) is 0.682. The van der Waals surface area contributed by atoms with Crippen LogP contribution < -0.4 is 9.47 Å². The lowest BCUT2D eigenvalue weighted by Gasteiger charge is -2.12. The largest absolute Gasteiger partial charge is 0.497 e. The number of esters is 1. The van der Waals surface area contributed by atoms with Gasteiger partial charge in [0.05, 0.1) is 14.2 Å². The summed E-state index contributed by atoms with van der Waals surface area (Å²) < 4.78 is 16.2. The van der Waals surface area contributed by atoms with Crippen LogP contribution in [-0.2, 0) is 4.74 Å². The molecule has 0 aliphatic carbocycles. The van der Waals surface area contributed by atoms with Crippen molar-refractivity contribution in [3.63, 3.8) is 0 Å². The first-order valence-corrected chi connectivity index (χ1v) is 10.2. The topological polar surface area (TPSA) is 44.8 Å². The normalized spacial score (nSPS) is 15.7. The Kier molecular flexibility index (Phi) is 8.79. The molecule has 0 radical (unpaired) electrons. The van der Waals surface area contributed by atoms with E-state index in [4.69, 9.17) is 14.2 Å². The first kappa shape index (κ1) is 20.6. The zero-order valence-electron chi connectivity index (χ0n) is 16.6.